The summed E-state index contributed by atoms with van der Waals surface area (Å²) in [4.78, 5) is 24.1. The summed E-state index contributed by atoms with van der Waals surface area (Å²) >= 11 is 0. The molecule has 0 spiro atoms. The van der Waals surface area contributed by atoms with E-state index in [1.54, 1.807) is 12.1 Å². The van der Waals surface area contributed by atoms with Crippen LogP contribution < -0.4 is 24.3 Å². The van der Waals surface area contributed by atoms with Crippen molar-refractivity contribution >= 4 is 17.4 Å². The minimum absolute atomic E-state index is 0.128. The summed E-state index contributed by atoms with van der Waals surface area (Å²) in [6, 6.07) is 9.42. The van der Waals surface area contributed by atoms with Crippen LogP contribution in [0.3, 0.4) is 0 Å². The molecule has 12 nitrogen and oxygen atoms in total. The third kappa shape index (κ3) is 5.79. The molecular weight excluding hydrogens is 460 g/mol. The van der Waals surface area contributed by atoms with Crippen molar-refractivity contribution in [2.45, 2.75) is 6.54 Å². The zero-order valence-electron chi connectivity index (χ0n) is 19.8. The van der Waals surface area contributed by atoms with Gasteiger partial charge in [0.15, 0.2) is 23.0 Å². The van der Waals surface area contributed by atoms with Gasteiger partial charge in [-0.25, -0.2) is 4.68 Å². The lowest BCUT2D eigenvalue weighted by Gasteiger charge is -2.15. The molecule has 0 radical (unpaired) electrons. The van der Waals surface area contributed by atoms with Crippen LogP contribution in [0.15, 0.2) is 42.6 Å². The molecule has 2 aromatic carbocycles. The predicted molar refractivity (Wildman–Crippen MR) is 126 cm³/mol. The van der Waals surface area contributed by atoms with Gasteiger partial charge in [0.1, 0.15) is 18.0 Å². The lowest BCUT2D eigenvalue weighted by atomic mass is 10.1. The van der Waals surface area contributed by atoms with Crippen LogP contribution in [-0.2, 0) is 11.3 Å². The Kier molecular flexibility index (Phi) is 8.46. The minimum atomic E-state index is -0.710. The van der Waals surface area contributed by atoms with Crippen molar-refractivity contribution in [3.63, 3.8) is 0 Å². The Morgan fingerprint density at radius 3 is 2.46 bits per heavy atom. The fraction of sp³-hybridized carbons (Fsp3) is 0.304. The third-order valence-corrected chi connectivity index (χ3v) is 5.03. The number of aromatic nitrogens is 2. The molecule has 0 aliphatic carbocycles. The number of benzene rings is 2. The number of hydrogen-bond acceptors (Lipinski definition) is 9. The first-order valence-electron chi connectivity index (χ1n) is 10.4. The van der Waals surface area contributed by atoms with Gasteiger partial charge in [-0.1, -0.05) is 12.1 Å². The number of amides is 1. The van der Waals surface area contributed by atoms with E-state index in [1.807, 2.05) is 12.1 Å². The number of carbonyl (C=O) groups is 1. The molecule has 0 bridgehead atoms. The fourth-order valence-electron chi connectivity index (χ4n) is 3.38. The molecule has 0 saturated carbocycles. The molecule has 35 heavy (non-hydrogen) atoms. The number of para-hydroxylation sites is 1. The summed E-state index contributed by atoms with van der Waals surface area (Å²) in [6.45, 7) is 0.685. The van der Waals surface area contributed by atoms with E-state index in [0.29, 0.717) is 17.3 Å². The van der Waals surface area contributed by atoms with E-state index < -0.39 is 16.5 Å². The van der Waals surface area contributed by atoms with Gasteiger partial charge in [-0.05, 0) is 6.07 Å². The highest BCUT2D eigenvalue weighted by Gasteiger charge is 2.26. The summed E-state index contributed by atoms with van der Waals surface area (Å²) in [5.74, 6) is 1.01. The molecular formula is C23H26N4O8. The zero-order chi connectivity index (χ0) is 25.4. The molecule has 3 aromatic rings. The van der Waals surface area contributed by atoms with Gasteiger partial charge >= 0.3 is 0 Å². The summed E-state index contributed by atoms with van der Waals surface area (Å²) in [7, 11) is 5.95. The predicted octanol–water partition coefficient (Wildman–Crippen LogP) is 3.14. The normalized spacial score (nSPS) is 10.5. The fourth-order valence-corrected chi connectivity index (χ4v) is 3.38. The first-order chi connectivity index (χ1) is 16.9. The molecule has 1 N–H and O–H groups in total. The van der Waals surface area contributed by atoms with E-state index in [0.717, 1.165) is 11.6 Å². The first kappa shape index (κ1) is 25.3. The number of nitro benzene ring substituents is 1. The third-order valence-electron chi connectivity index (χ3n) is 5.03. The van der Waals surface area contributed by atoms with E-state index >= 15 is 0 Å². The number of ether oxygens (including phenoxy) is 5. The zero-order valence-corrected chi connectivity index (χ0v) is 19.8. The van der Waals surface area contributed by atoms with Gasteiger partial charge in [-0.15, -0.1) is 0 Å². The molecule has 1 amide bonds. The number of methoxy groups -OCH3 is 4. The molecule has 0 atom stereocenters. The number of hydrogen-bond donors (Lipinski definition) is 1. The second-order valence-corrected chi connectivity index (χ2v) is 7.10. The Morgan fingerprint density at radius 1 is 1.03 bits per heavy atom. The Morgan fingerprint density at radius 2 is 1.80 bits per heavy atom. The number of nitrogens with one attached hydrogen (secondary N) is 1. The number of anilines is 1. The Balaban J connectivity index is 1.89. The van der Waals surface area contributed by atoms with Crippen molar-refractivity contribution in [3.05, 3.63) is 63.8 Å². The summed E-state index contributed by atoms with van der Waals surface area (Å²) in [6.07, 6.45) is 1.50. The maximum absolute atomic E-state index is 13.1. The molecule has 3 rings (SSSR count). The van der Waals surface area contributed by atoms with Crippen LogP contribution in [0, 0.1) is 10.1 Å². The Bertz CT molecular complexity index is 1190. The number of nitrogens with zero attached hydrogens (tertiary/aromatic N) is 3. The lowest BCUT2D eigenvalue weighted by Crippen LogP contribution is -2.18. The van der Waals surface area contributed by atoms with Gasteiger partial charge in [0.05, 0.1) is 51.7 Å². The van der Waals surface area contributed by atoms with Crippen LogP contribution in [0.25, 0.3) is 0 Å². The number of nitro groups is 1. The van der Waals surface area contributed by atoms with Crippen LogP contribution in [0.4, 0.5) is 11.5 Å². The summed E-state index contributed by atoms with van der Waals surface area (Å²) in [5.41, 5.74) is 0.130. The van der Waals surface area contributed by atoms with E-state index in [1.165, 1.54) is 45.4 Å². The van der Waals surface area contributed by atoms with Gasteiger partial charge in [-0.2, -0.15) is 5.10 Å². The van der Waals surface area contributed by atoms with Crippen LogP contribution in [-0.4, -0.2) is 62.3 Å². The van der Waals surface area contributed by atoms with Crippen molar-refractivity contribution in [2.24, 2.45) is 0 Å². The summed E-state index contributed by atoms with van der Waals surface area (Å²) in [5, 5.41) is 18.6. The highest BCUT2D eigenvalue weighted by Crippen LogP contribution is 2.35. The molecule has 12 heteroatoms. The van der Waals surface area contributed by atoms with E-state index in [2.05, 4.69) is 10.4 Å². The molecule has 186 valence electrons. The second kappa shape index (κ2) is 11.7. The Hall–Kier alpha value is -4.32. The monoisotopic (exact) mass is 486 g/mol. The van der Waals surface area contributed by atoms with Crippen molar-refractivity contribution < 1.29 is 33.4 Å². The minimum Gasteiger partial charge on any atom is -0.493 e. The van der Waals surface area contributed by atoms with Gasteiger partial charge < -0.3 is 29.0 Å². The van der Waals surface area contributed by atoms with E-state index in [-0.39, 0.29) is 36.8 Å². The van der Waals surface area contributed by atoms with Gasteiger partial charge in [0, 0.05) is 24.8 Å². The largest absolute Gasteiger partial charge is 0.493 e. The number of rotatable bonds is 12. The average Bonchev–Trinajstić information content (AvgIpc) is 3.29. The van der Waals surface area contributed by atoms with Gasteiger partial charge in [-0.3, -0.25) is 14.9 Å². The molecule has 0 aliphatic rings. The van der Waals surface area contributed by atoms with Crippen LogP contribution in [0.2, 0.25) is 0 Å². The SMILES string of the molecule is COCCOc1cc([N+](=O)[O-])c(C(=O)Nc2ccnn2Cc2cccc(OC)c2OC)cc1OC. The Labute approximate surface area is 201 Å². The van der Waals surface area contributed by atoms with Crippen LogP contribution >= 0.6 is 0 Å². The quantitative estimate of drug-likeness (QED) is 0.233. The molecule has 0 saturated heterocycles. The maximum Gasteiger partial charge on any atom is 0.286 e. The lowest BCUT2D eigenvalue weighted by molar-refractivity contribution is -0.385. The van der Waals surface area contributed by atoms with Crippen molar-refractivity contribution in [1.82, 2.24) is 9.78 Å². The van der Waals surface area contributed by atoms with Crippen molar-refractivity contribution in [3.8, 4) is 23.0 Å². The molecule has 0 aliphatic heterocycles. The van der Waals surface area contributed by atoms with E-state index in [4.69, 9.17) is 23.7 Å². The second-order valence-electron chi connectivity index (χ2n) is 7.10. The highest BCUT2D eigenvalue weighted by atomic mass is 16.6. The van der Waals surface area contributed by atoms with Gasteiger partial charge in [0.25, 0.3) is 11.6 Å². The van der Waals surface area contributed by atoms with Crippen molar-refractivity contribution in [1.29, 1.82) is 0 Å². The smallest absolute Gasteiger partial charge is 0.286 e. The summed E-state index contributed by atoms with van der Waals surface area (Å²) < 4.78 is 28.0. The van der Waals surface area contributed by atoms with E-state index in [9.17, 15) is 14.9 Å². The molecule has 0 unspecified atom stereocenters. The topological polar surface area (TPSA) is 136 Å². The standard InChI is InChI=1S/C23H26N4O8/c1-31-10-11-35-20-13-17(27(29)30)16(12-19(20)33-3)23(28)25-21-8-9-24-26(21)14-15-6-5-7-18(32-2)22(15)34-4/h5-9,12-13H,10-11,14H2,1-4H3,(H,25,28). The van der Waals surface area contributed by atoms with Gasteiger partial charge in [0.2, 0.25) is 0 Å². The molecule has 0 fully saturated rings. The highest BCUT2D eigenvalue weighted by molar-refractivity contribution is 6.07. The van der Waals surface area contributed by atoms with Crippen molar-refractivity contribution in [2.75, 3.05) is 47.0 Å². The maximum atomic E-state index is 13.1. The molecule has 1 aromatic heterocycles. The average molecular weight is 486 g/mol. The number of carbonyl (C=O) groups excluding carboxylic acids is 1. The van der Waals surface area contributed by atoms with Crippen LogP contribution in [0.1, 0.15) is 15.9 Å². The first-order valence-corrected chi connectivity index (χ1v) is 10.4. The van der Waals surface area contributed by atoms with Crippen LogP contribution in [0.5, 0.6) is 23.0 Å². The molecule has 1 heterocycles.